The van der Waals surface area contributed by atoms with E-state index in [1.165, 1.54) is 0 Å². The first-order chi connectivity index (χ1) is 9.60. The molecule has 1 fully saturated rings. The third-order valence-corrected chi connectivity index (χ3v) is 4.21. The van der Waals surface area contributed by atoms with Gasteiger partial charge in [0.25, 0.3) is 5.91 Å². The van der Waals surface area contributed by atoms with E-state index in [1.54, 1.807) is 18.2 Å². The second-order valence-electron chi connectivity index (χ2n) is 4.81. The van der Waals surface area contributed by atoms with Crippen molar-refractivity contribution in [3.05, 3.63) is 33.3 Å². The summed E-state index contributed by atoms with van der Waals surface area (Å²) in [7, 11) is 0. The number of hydrogen-bond donors (Lipinski definition) is 1. The molecule has 0 saturated carbocycles. The second-order valence-corrected chi connectivity index (χ2v) is 6.13. The Morgan fingerprint density at radius 1 is 1.50 bits per heavy atom. The number of piperidine rings is 1. The molecule has 1 heterocycles. The SMILES string of the molecule is N#CCN1CCC(NC(=O)c2cc(Br)ccc2Cl)CC1. The molecule has 0 radical (unpaired) electrons. The van der Waals surface area contributed by atoms with Crippen molar-refractivity contribution in [1.82, 2.24) is 10.2 Å². The van der Waals surface area contributed by atoms with Gasteiger partial charge in [0.2, 0.25) is 0 Å². The van der Waals surface area contributed by atoms with Crippen LogP contribution < -0.4 is 5.32 Å². The molecule has 20 heavy (non-hydrogen) atoms. The maximum atomic E-state index is 12.2. The Morgan fingerprint density at radius 3 is 2.85 bits per heavy atom. The molecule has 0 aromatic heterocycles. The number of halogens is 2. The zero-order chi connectivity index (χ0) is 14.5. The molecule has 106 valence electrons. The highest BCUT2D eigenvalue weighted by Crippen LogP contribution is 2.21. The minimum Gasteiger partial charge on any atom is -0.349 e. The van der Waals surface area contributed by atoms with Gasteiger partial charge in [0.15, 0.2) is 0 Å². The summed E-state index contributed by atoms with van der Waals surface area (Å²) in [6.07, 6.45) is 1.72. The topological polar surface area (TPSA) is 56.1 Å². The predicted molar refractivity (Wildman–Crippen MR) is 81.7 cm³/mol. The van der Waals surface area contributed by atoms with Crippen LogP contribution in [0, 0.1) is 11.3 Å². The number of amides is 1. The number of nitrogens with one attached hydrogen (secondary N) is 1. The fraction of sp³-hybridized carbons (Fsp3) is 0.429. The Hall–Kier alpha value is -1.09. The van der Waals surface area contributed by atoms with Gasteiger partial charge in [0, 0.05) is 23.6 Å². The molecule has 4 nitrogen and oxygen atoms in total. The Kier molecular flexibility index (Phi) is 5.41. The van der Waals surface area contributed by atoms with Gasteiger partial charge in [-0.15, -0.1) is 0 Å². The van der Waals surface area contributed by atoms with E-state index in [2.05, 4.69) is 32.2 Å². The molecule has 0 spiro atoms. The lowest BCUT2D eigenvalue weighted by molar-refractivity contribution is 0.0914. The summed E-state index contributed by atoms with van der Waals surface area (Å²) in [6, 6.07) is 7.53. The quantitative estimate of drug-likeness (QED) is 0.847. The third kappa shape index (κ3) is 3.95. The summed E-state index contributed by atoms with van der Waals surface area (Å²) < 4.78 is 0.830. The van der Waals surface area contributed by atoms with Crippen LogP contribution in [0.2, 0.25) is 5.02 Å². The fourth-order valence-corrected chi connectivity index (χ4v) is 2.83. The van der Waals surface area contributed by atoms with Gasteiger partial charge in [0.1, 0.15) is 0 Å². The Labute approximate surface area is 131 Å². The van der Waals surface area contributed by atoms with Gasteiger partial charge >= 0.3 is 0 Å². The molecule has 0 aliphatic carbocycles. The summed E-state index contributed by atoms with van der Waals surface area (Å²) >= 11 is 9.39. The number of carbonyl (C=O) groups is 1. The summed E-state index contributed by atoms with van der Waals surface area (Å²) in [5.41, 5.74) is 0.487. The number of nitriles is 1. The molecule has 0 unspecified atom stereocenters. The van der Waals surface area contributed by atoms with Crippen LogP contribution in [0.3, 0.4) is 0 Å². The average Bonchev–Trinajstić information content (AvgIpc) is 2.44. The number of rotatable bonds is 3. The van der Waals surface area contributed by atoms with Crippen molar-refractivity contribution in [1.29, 1.82) is 5.26 Å². The van der Waals surface area contributed by atoms with Crippen molar-refractivity contribution >= 4 is 33.4 Å². The summed E-state index contributed by atoms with van der Waals surface area (Å²) in [5.74, 6) is -0.143. The molecule has 1 aromatic carbocycles. The largest absolute Gasteiger partial charge is 0.349 e. The van der Waals surface area contributed by atoms with Gasteiger partial charge in [-0.3, -0.25) is 9.69 Å². The van der Waals surface area contributed by atoms with Crippen molar-refractivity contribution in [3.63, 3.8) is 0 Å². The minimum absolute atomic E-state index is 0.143. The molecule has 2 rings (SSSR count). The van der Waals surface area contributed by atoms with Gasteiger partial charge in [-0.25, -0.2) is 0 Å². The van der Waals surface area contributed by atoms with Crippen LogP contribution in [0.25, 0.3) is 0 Å². The van der Waals surface area contributed by atoms with Crippen molar-refractivity contribution in [2.45, 2.75) is 18.9 Å². The first-order valence-corrected chi connectivity index (χ1v) is 7.62. The Morgan fingerprint density at radius 2 is 2.20 bits per heavy atom. The van der Waals surface area contributed by atoms with Crippen molar-refractivity contribution in [2.24, 2.45) is 0 Å². The summed E-state index contributed by atoms with van der Waals surface area (Å²) in [6.45, 7) is 2.13. The molecule has 0 atom stereocenters. The van der Waals surface area contributed by atoms with Gasteiger partial charge in [-0.05, 0) is 31.0 Å². The normalized spacial score (nSPS) is 16.6. The predicted octanol–water partition coefficient (Wildman–Crippen LogP) is 2.82. The molecule has 0 bridgehead atoms. The minimum atomic E-state index is -0.143. The van der Waals surface area contributed by atoms with Crippen molar-refractivity contribution in [2.75, 3.05) is 19.6 Å². The first kappa shape index (κ1) is 15.3. The standard InChI is InChI=1S/C14H15BrClN3O/c15-10-1-2-13(16)12(9-10)14(20)18-11-3-6-19(7-4-11)8-5-17/h1-2,9,11H,3-4,6-8H2,(H,18,20). The van der Waals surface area contributed by atoms with Crippen LogP contribution in [0.15, 0.2) is 22.7 Å². The fourth-order valence-electron chi connectivity index (χ4n) is 2.27. The zero-order valence-corrected chi connectivity index (χ0v) is 13.2. The van der Waals surface area contributed by atoms with E-state index in [1.807, 2.05) is 0 Å². The molecule has 6 heteroatoms. The number of hydrogen-bond acceptors (Lipinski definition) is 3. The Bertz CT molecular complexity index is 536. The van der Waals surface area contributed by atoms with Crippen molar-refractivity contribution < 1.29 is 4.79 Å². The van der Waals surface area contributed by atoms with E-state index in [-0.39, 0.29) is 11.9 Å². The average molecular weight is 357 g/mol. The lowest BCUT2D eigenvalue weighted by atomic mass is 10.0. The van der Waals surface area contributed by atoms with Crippen LogP contribution in [0.4, 0.5) is 0 Å². The highest BCUT2D eigenvalue weighted by Gasteiger charge is 2.21. The van der Waals surface area contributed by atoms with E-state index < -0.39 is 0 Å². The second kappa shape index (κ2) is 7.07. The monoisotopic (exact) mass is 355 g/mol. The van der Waals surface area contributed by atoms with Crippen LogP contribution in [-0.4, -0.2) is 36.5 Å². The molecule has 1 amide bonds. The Balaban J connectivity index is 1.93. The lowest BCUT2D eigenvalue weighted by Gasteiger charge is -2.30. The number of likely N-dealkylation sites (tertiary alicyclic amines) is 1. The van der Waals surface area contributed by atoms with E-state index >= 15 is 0 Å². The molecule has 1 aliphatic heterocycles. The summed E-state index contributed by atoms with van der Waals surface area (Å²) in [4.78, 5) is 14.3. The third-order valence-electron chi connectivity index (χ3n) is 3.39. The maximum Gasteiger partial charge on any atom is 0.253 e. The smallest absolute Gasteiger partial charge is 0.253 e. The van der Waals surface area contributed by atoms with Crippen LogP contribution in [0.1, 0.15) is 23.2 Å². The highest BCUT2D eigenvalue weighted by molar-refractivity contribution is 9.10. The number of nitrogens with zero attached hydrogens (tertiary/aromatic N) is 2. The van der Waals surface area contributed by atoms with E-state index in [4.69, 9.17) is 16.9 Å². The zero-order valence-electron chi connectivity index (χ0n) is 10.9. The van der Waals surface area contributed by atoms with E-state index in [9.17, 15) is 4.79 Å². The van der Waals surface area contributed by atoms with Gasteiger partial charge in [-0.2, -0.15) is 5.26 Å². The van der Waals surface area contributed by atoms with Gasteiger partial charge in [0.05, 0.1) is 23.2 Å². The maximum absolute atomic E-state index is 12.2. The van der Waals surface area contributed by atoms with Crippen LogP contribution >= 0.6 is 27.5 Å². The van der Waals surface area contributed by atoms with E-state index in [0.29, 0.717) is 17.1 Å². The summed E-state index contributed by atoms with van der Waals surface area (Å²) in [5, 5.41) is 12.1. The highest BCUT2D eigenvalue weighted by atomic mass is 79.9. The van der Waals surface area contributed by atoms with E-state index in [0.717, 1.165) is 30.4 Å². The number of carbonyl (C=O) groups excluding carboxylic acids is 1. The number of benzene rings is 1. The van der Waals surface area contributed by atoms with Crippen LogP contribution in [0.5, 0.6) is 0 Å². The van der Waals surface area contributed by atoms with Gasteiger partial charge in [-0.1, -0.05) is 27.5 Å². The molecule has 1 aromatic rings. The van der Waals surface area contributed by atoms with Crippen LogP contribution in [-0.2, 0) is 0 Å². The molecular formula is C14H15BrClN3O. The lowest BCUT2D eigenvalue weighted by Crippen LogP contribution is -2.44. The van der Waals surface area contributed by atoms with Gasteiger partial charge < -0.3 is 5.32 Å². The first-order valence-electron chi connectivity index (χ1n) is 6.45. The molecule has 1 saturated heterocycles. The molecular weight excluding hydrogens is 342 g/mol. The van der Waals surface area contributed by atoms with Crippen molar-refractivity contribution in [3.8, 4) is 6.07 Å². The molecule has 1 N–H and O–H groups in total. The molecule has 1 aliphatic rings.